The third kappa shape index (κ3) is 9.66. The van der Waals surface area contributed by atoms with Gasteiger partial charge in [0.1, 0.15) is 18.4 Å². The van der Waals surface area contributed by atoms with Crippen LogP contribution < -0.4 is 15.5 Å². The molecule has 0 aliphatic carbocycles. The zero-order valence-corrected chi connectivity index (χ0v) is 26.3. The molecule has 48 heavy (non-hydrogen) atoms. The van der Waals surface area contributed by atoms with E-state index in [0.29, 0.717) is 45.0 Å². The lowest BCUT2D eigenvalue weighted by molar-refractivity contribution is -0.143. The van der Waals surface area contributed by atoms with E-state index >= 15 is 0 Å². The number of carboxylic acid groups (broad SMARTS) is 1. The van der Waals surface area contributed by atoms with Crippen LogP contribution in [0.15, 0.2) is 41.3 Å². The Morgan fingerprint density at radius 3 is 2.27 bits per heavy atom. The fourth-order valence-corrected chi connectivity index (χ4v) is 5.74. The van der Waals surface area contributed by atoms with Gasteiger partial charge in [0.05, 0.1) is 42.4 Å². The average Bonchev–Trinajstić information content (AvgIpc) is 3.29. The fraction of sp³-hybridized carbons (Fsp3) is 0.379. The number of aliphatic hydroxyl groups is 1. The SMILES string of the molecule is O=C(CNN1C(=O)C(=Cc2cc(-c3cc(C(F)(F)F)cc(C(F)(F)F)c3)ccc2OCCN2CCOCC2)SC1=S)N[C@@H](CO)C(=O)O. The van der Waals surface area contributed by atoms with Crippen LogP contribution in [0.1, 0.15) is 16.7 Å². The number of nitrogens with one attached hydrogen (secondary N) is 2. The largest absolute Gasteiger partial charge is 0.492 e. The van der Waals surface area contributed by atoms with Gasteiger partial charge in [0, 0.05) is 25.2 Å². The number of ether oxygens (including phenoxy) is 2. The molecule has 4 rings (SSSR count). The van der Waals surface area contributed by atoms with Gasteiger partial charge in [-0.3, -0.25) is 14.5 Å². The third-order valence-corrected chi connectivity index (χ3v) is 8.30. The van der Waals surface area contributed by atoms with Crippen molar-refractivity contribution >= 4 is 52.2 Å². The first-order valence-electron chi connectivity index (χ1n) is 14.1. The Kier molecular flexibility index (Phi) is 12.1. The van der Waals surface area contributed by atoms with Crippen LogP contribution in [-0.4, -0.2) is 101 Å². The lowest BCUT2D eigenvalue weighted by Gasteiger charge is -2.26. The van der Waals surface area contributed by atoms with Crippen molar-refractivity contribution in [2.75, 3.05) is 52.6 Å². The lowest BCUT2D eigenvalue weighted by atomic mass is 9.97. The van der Waals surface area contributed by atoms with Gasteiger partial charge >= 0.3 is 18.3 Å². The van der Waals surface area contributed by atoms with Gasteiger partial charge in [-0.05, 0) is 47.5 Å². The molecule has 0 unspecified atom stereocenters. The lowest BCUT2D eigenvalue weighted by Crippen LogP contribution is -2.50. The summed E-state index contributed by atoms with van der Waals surface area (Å²) in [7, 11) is 0. The second-order valence-corrected chi connectivity index (χ2v) is 12.0. The number of nitrogens with zero attached hydrogens (tertiary/aromatic N) is 2. The molecule has 2 heterocycles. The number of halogens is 6. The molecule has 2 aromatic rings. The maximum atomic E-state index is 13.6. The summed E-state index contributed by atoms with van der Waals surface area (Å²) in [4.78, 5) is 38.5. The predicted molar refractivity (Wildman–Crippen MR) is 164 cm³/mol. The summed E-state index contributed by atoms with van der Waals surface area (Å²) < 4.78 is 92.6. The predicted octanol–water partition coefficient (Wildman–Crippen LogP) is 3.37. The van der Waals surface area contributed by atoms with Crippen molar-refractivity contribution in [1.29, 1.82) is 0 Å². The minimum absolute atomic E-state index is 0.0256. The molecule has 2 aromatic carbocycles. The molecular weight excluding hydrogens is 694 g/mol. The summed E-state index contributed by atoms with van der Waals surface area (Å²) in [5.74, 6) is -2.93. The first-order chi connectivity index (χ1) is 22.6. The Labute approximate surface area is 278 Å². The minimum atomic E-state index is -5.06. The number of carboxylic acids is 1. The van der Waals surface area contributed by atoms with E-state index in [2.05, 4.69) is 10.3 Å². The molecule has 260 valence electrons. The molecule has 0 bridgehead atoms. The molecule has 0 radical (unpaired) electrons. The summed E-state index contributed by atoms with van der Waals surface area (Å²) in [6.45, 7) is 1.56. The standard InChI is InChI=1S/C29H28F6N4O7S2/c30-28(31,32)19-10-17(11-20(13-19)29(33,34)35)16-1-2-22(46-8-5-38-3-6-45-7-4-38)18(9-16)12-23-25(42)39(27(47)48-23)36-14-24(41)37-21(15-40)26(43)44/h1-2,9-13,21,36,40H,3-8,14-15H2,(H,37,41)(H,43,44)/t21-/m0/s1. The normalized spacial score (nSPS) is 17.6. The number of alkyl halides is 6. The summed E-state index contributed by atoms with van der Waals surface area (Å²) in [5.41, 5.74) is -0.793. The highest BCUT2D eigenvalue weighted by Crippen LogP contribution is 2.40. The Hall–Kier alpha value is -3.75. The van der Waals surface area contributed by atoms with E-state index in [1.54, 1.807) is 0 Å². The van der Waals surface area contributed by atoms with E-state index in [0.717, 1.165) is 16.8 Å². The number of amides is 2. The van der Waals surface area contributed by atoms with Crippen LogP contribution in [0.2, 0.25) is 0 Å². The highest BCUT2D eigenvalue weighted by Gasteiger charge is 2.37. The van der Waals surface area contributed by atoms with Crippen LogP contribution in [0.25, 0.3) is 17.2 Å². The van der Waals surface area contributed by atoms with Crippen LogP contribution >= 0.6 is 24.0 Å². The number of rotatable bonds is 12. The minimum Gasteiger partial charge on any atom is -0.492 e. The number of hydrogen-bond acceptors (Lipinski definition) is 10. The molecule has 2 saturated heterocycles. The van der Waals surface area contributed by atoms with E-state index in [9.17, 15) is 40.7 Å². The molecule has 0 saturated carbocycles. The number of aliphatic carboxylic acids is 1. The Morgan fingerprint density at radius 2 is 1.69 bits per heavy atom. The van der Waals surface area contributed by atoms with Crippen LogP contribution in [0.3, 0.4) is 0 Å². The first kappa shape index (κ1) is 37.1. The highest BCUT2D eigenvalue weighted by atomic mass is 32.2. The molecule has 19 heteroatoms. The Balaban J connectivity index is 1.64. The summed E-state index contributed by atoms with van der Waals surface area (Å²) in [6.07, 6.45) is -8.82. The molecule has 11 nitrogen and oxygen atoms in total. The van der Waals surface area contributed by atoms with Crippen molar-refractivity contribution in [3.63, 3.8) is 0 Å². The van der Waals surface area contributed by atoms with Gasteiger partial charge in [0.15, 0.2) is 4.32 Å². The highest BCUT2D eigenvalue weighted by molar-refractivity contribution is 8.26. The van der Waals surface area contributed by atoms with E-state index in [-0.39, 0.29) is 44.3 Å². The maximum absolute atomic E-state index is 13.6. The summed E-state index contributed by atoms with van der Waals surface area (Å²) >= 11 is 6.02. The molecular formula is C29H28F6N4O7S2. The number of aliphatic hydroxyl groups excluding tert-OH is 1. The monoisotopic (exact) mass is 722 g/mol. The Bertz CT molecular complexity index is 1550. The van der Waals surface area contributed by atoms with Gasteiger partial charge in [0.25, 0.3) is 5.91 Å². The van der Waals surface area contributed by atoms with Gasteiger partial charge < -0.3 is 25.0 Å². The van der Waals surface area contributed by atoms with Gasteiger partial charge in [-0.1, -0.05) is 30.0 Å². The van der Waals surface area contributed by atoms with Gasteiger partial charge in [-0.15, -0.1) is 0 Å². The van der Waals surface area contributed by atoms with Crippen molar-refractivity contribution in [1.82, 2.24) is 20.7 Å². The summed E-state index contributed by atoms with van der Waals surface area (Å²) in [6, 6.07) is 3.59. The van der Waals surface area contributed by atoms with Gasteiger partial charge in [0.2, 0.25) is 5.91 Å². The maximum Gasteiger partial charge on any atom is 0.416 e. The van der Waals surface area contributed by atoms with E-state index in [4.69, 9.17) is 31.9 Å². The van der Waals surface area contributed by atoms with Crippen molar-refractivity contribution in [2.24, 2.45) is 0 Å². The summed E-state index contributed by atoms with van der Waals surface area (Å²) in [5, 5.41) is 21.0. The number of hydrazine groups is 1. The smallest absolute Gasteiger partial charge is 0.416 e. The quantitative estimate of drug-likeness (QED) is 0.146. The number of benzene rings is 2. The van der Waals surface area contributed by atoms with Crippen molar-refractivity contribution in [3.05, 3.63) is 58.0 Å². The van der Waals surface area contributed by atoms with E-state index in [1.165, 1.54) is 24.3 Å². The van der Waals surface area contributed by atoms with Gasteiger partial charge in [-0.25, -0.2) is 15.2 Å². The van der Waals surface area contributed by atoms with Crippen molar-refractivity contribution in [3.8, 4) is 16.9 Å². The van der Waals surface area contributed by atoms with E-state index < -0.39 is 60.5 Å². The number of thiocarbonyl (C=S) groups is 1. The number of carbonyl (C=O) groups is 3. The molecule has 2 fully saturated rings. The second-order valence-electron chi connectivity index (χ2n) is 10.3. The molecule has 2 aliphatic rings. The molecule has 0 spiro atoms. The number of thioether (sulfide) groups is 1. The molecule has 2 aliphatic heterocycles. The molecule has 1 atom stereocenters. The van der Waals surface area contributed by atoms with Crippen molar-refractivity contribution in [2.45, 2.75) is 18.4 Å². The molecule has 2 amide bonds. The van der Waals surface area contributed by atoms with Crippen molar-refractivity contribution < 1.29 is 60.4 Å². The van der Waals surface area contributed by atoms with Crippen LogP contribution in [0.4, 0.5) is 26.3 Å². The van der Waals surface area contributed by atoms with Crippen LogP contribution in [0, 0.1) is 0 Å². The zero-order valence-electron chi connectivity index (χ0n) is 24.7. The third-order valence-electron chi connectivity index (χ3n) is 6.99. The first-order valence-corrected chi connectivity index (χ1v) is 15.3. The topological polar surface area (TPSA) is 141 Å². The van der Waals surface area contributed by atoms with Crippen LogP contribution in [-0.2, 0) is 31.5 Å². The van der Waals surface area contributed by atoms with E-state index in [1.807, 2.05) is 5.32 Å². The number of morpholine rings is 1. The Morgan fingerprint density at radius 1 is 1.04 bits per heavy atom. The number of hydrogen-bond donors (Lipinski definition) is 4. The fourth-order valence-electron chi connectivity index (χ4n) is 4.53. The molecule has 0 aromatic heterocycles. The zero-order chi connectivity index (χ0) is 35.2. The van der Waals surface area contributed by atoms with Gasteiger partial charge in [-0.2, -0.15) is 26.3 Å². The molecule has 4 N–H and O–H groups in total. The average molecular weight is 723 g/mol. The second kappa shape index (κ2) is 15.6. The number of carbonyl (C=O) groups excluding carboxylic acids is 2. The van der Waals surface area contributed by atoms with Crippen LogP contribution in [0.5, 0.6) is 5.75 Å².